The van der Waals surface area contributed by atoms with Crippen LogP contribution in [-0.2, 0) is 13.6 Å². The fraction of sp³-hybridized carbons (Fsp3) is 0.500. The Morgan fingerprint density at radius 3 is 2.80 bits per heavy atom. The summed E-state index contributed by atoms with van der Waals surface area (Å²) in [5.74, 6) is 0.905. The summed E-state index contributed by atoms with van der Waals surface area (Å²) in [6.07, 6.45) is 4.82. The molecule has 0 radical (unpaired) electrons. The fourth-order valence-corrected chi connectivity index (χ4v) is 1.69. The first-order valence-corrected chi connectivity index (χ1v) is 5.10. The number of hydrogen-bond donors (Lipinski definition) is 0. The number of nitrogens with zero attached hydrogens (tertiary/aromatic N) is 5. The van der Waals surface area contributed by atoms with Crippen molar-refractivity contribution in [3.05, 3.63) is 18.2 Å². The Labute approximate surface area is 88.7 Å². The van der Waals surface area contributed by atoms with Crippen LogP contribution in [0.15, 0.2) is 12.5 Å². The molecule has 80 valence electrons. The third-order valence-corrected chi connectivity index (χ3v) is 2.33. The van der Waals surface area contributed by atoms with E-state index in [2.05, 4.69) is 26.8 Å². The highest BCUT2D eigenvalue weighted by Gasteiger charge is 2.11. The van der Waals surface area contributed by atoms with E-state index < -0.39 is 0 Å². The standard InChI is InChI=1S/C10H15N5/c1-4-5-15-7-11-12-10(15)9-6-14(3)13-8(9)2/h6-7H,4-5H2,1-3H3. The average Bonchev–Trinajstić information content (AvgIpc) is 2.73. The molecule has 2 rings (SSSR count). The monoisotopic (exact) mass is 205 g/mol. The highest BCUT2D eigenvalue weighted by Crippen LogP contribution is 2.19. The molecular formula is C10H15N5. The molecule has 0 aliphatic rings. The van der Waals surface area contributed by atoms with Gasteiger partial charge < -0.3 is 4.57 Å². The van der Waals surface area contributed by atoms with Gasteiger partial charge in [-0.15, -0.1) is 10.2 Å². The van der Waals surface area contributed by atoms with Gasteiger partial charge in [0.05, 0.1) is 11.3 Å². The lowest BCUT2D eigenvalue weighted by atomic mass is 10.2. The molecule has 5 nitrogen and oxygen atoms in total. The zero-order chi connectivity index (χ0) is 10.8. The summed E-state index contributed by atoms with van der Waals surface area (Å²) in [7, 11) is 1.91. The molecule has 0 saturated heterocycles. The lowest BCUT2D eigenvalue weighted by Gasteiger charge is -2.02. The number of rotatable bonds is 3. The number of aromatic nitrogens is 5. The highest BCUT2D eigenvalue weighted by molar-refractivity contribution is 5.56. The van der Waals surface area contributed by atoms with Crippen LogP contribution in [0.3, 0.4) is 0 Å². The molecule has 2 aromatic heterocycles. The summed E-state index contributed by atoms with van der Waals surface area (Å²) in [6.45, 7) is 5.07. The van der Waals surface area contributed by atoms with Crippen molar-refractivity contribution >= 4 is 0 Å². The second-order valence-corrected chi connectivity index (χ2v) is 3.65. The highest BCUT2D eigenvalue weighted by atomic mass is 15.3. The molecule has 0 atom stereocenters. The van der Waals surface area contributed by atoms with Gasteiger partial charge in [0, 0.05) is 19.8 Å². The summed E-state index contributed by atoms with van der Waals surface area (Å²) >= 11 is 0. The largest absolute Gasteiger partial charge is 0.314 e. The molecule has 0 bridgehead atoms. The molecule has 2 aromatic rings. The molecule has 0 aromatic carbocycles. The Balaban J connectivity index is 2.44. The Bertz CT molecular complexity index is 454. The predicted molar refractivity (Wildman–Crippen MR) is 57.3 cm³/mol. The maximum Gasteiger partial charge on any atom is 0.167 e. The van der Waals surface area contributed by atoms with Crippen molar-refractivity contribution in [2.45, 2.75) is 26.8 Å². The summed E-state index contributed by atoms with van der Waals surface area (Å²) < 4.78 is 3.86. The fourth-order valence-electron chi connectivity index (χ4n) is 1.69. The quantitative estimate of drug-likeness (QED) is 0.761. The van der Waals surface area contributed by atoms with Crippen LogP contribution in [0.4, 0.5) is 0 Å². The van der Waals surface area contributed by atoms with Crippen molar-refractivity contribution in [1.82, 2.24) is 24.5 Å². The molecule has 0 spiro atoms. The first kappa shape index (κ1) is 9.89. The smallest absolute Gasteiger partial charge is 0.167 e. The maximum absolute atomic E-state index is 4.30. The third-order valence-electron chi connectivity index (χ3n) is 2.33. The Kier molecular flexibility index (Phi) is 2.53. The Morgan fingerprint density at radius 2 is 2.20 bits per heavy atom. The van der Waals surface area contributed by atoms with Gasteiger partial charge in [-0.25, -0.2) is 0 Å². The van der Waals surface area contributed by atoms with Crippen molar-refractivity contribution < 1.29 is 0 Å². The van der Waals surface area contributed by atoms with Crippen molar-refractivity contribution in [3.63, 3.8) is 0 Å². The van der Waals surface area contributed by atoms with E-state index >= 15 is 0 Å². The summed E-state index contributed by atoms with van der Waals surface area (Å²) in [4.78, 5) is 0. The predicted octanol–water partition coefficient (Wildman–Crippen LogP) is 1.40. The van der Waals surface area contributed by atoms with Crippen LogP contribution in [0.1, 0.15) is 19.0 Å². The van der Waals surface area contributed by atoms with Crippen molar-refractivity contribution in [2.24, 2.45) is 7.05 Å². The normalized spacial score (nSPS) is 10.9. The summed E-state index contributed by atoms with van der Waals surface area (Å²) in [5.41, 5.74) is 2.05. The number of hydrogen-bond acceptors (Lipinski definition) is 3. The molecule has 0 aliphatic carbocycles. The molecule has 0 unspecified atom stereocenters. The van der Waals surface area contributed by atoms with Crippen molar-refractivity contribution in [3.8, 4) is 11.4 Å². The molecule has 0 saturated carbocycles. The molecule has 2 heterocycles. The molecule has 5 heteroatoms. The Morgan fingerprint density at radius 1 is 1.40 bits per heavy atom. The molecule has 0 aliphatic heterocycles. The molecule has 0 amide bonds. The van der Waals surface area contributed by atoms with Gasteiger partial charge in [0.1, 0.15) is 6.33 Å². The first-order valence-electron chi connectivity index (χ1n) is 5.10. The SMILES string of the molecule is CCCn1cnnc1-c1cn(C)nc1C. The molecule has 0 fully saturated rings. The van der Waals surface area contributed by atoms with E-state index in [0.29, 0.717) is 0 Å². The second kappa shape index (κ2) is 3.84. The van der Waals surface area contributed by atoms with Crippen molar-refractivity contribution in [2.75, 3.05) is 0 Å². The maximum atomic E-state index is 4.30. The lowest BCUT2D eigenvalue weighted by Crippen LogP contribution is -1.98. The Hall–Kier alpha value is -1.65. The van der Waals surface area contributed by atoms with Crippen LogP contribution in [-0.4, -0.2) is 24.5 Å². The third kappa shape index (κ3) is 1.77. The van der Waals surface area contributed by atoms with Crippen LogP contribution in [0.5, 0.6) is 0 Å². The first-order chi connectivity index (χ1) is 7.22. The van der Waals surface area contributed by atoms with Crippen molar-refractivity contribution in [1.29, 1.82) is 0 Å². The van der Waals surface area contributed by atoms with Crippen LogP contribution >= 0.6 is 0 Å². The van der Waals surface area contributed by atoms with Crippen LogP contribution in [0, 0.1) is 6.92 Å². The zero-order valence-electron chi connectivity index (χ0n) is 9.30. The number of aryl methyl sites for hydroxylation is 3. The van der Waals surface area contributed by atoms with Gasteiger partial charge in [0.15, 0.2) is 5.82 Å². The molecular weight excluding hydrogens is 190 g/mol. The van der Waals surface area contributed by atoms with E-state index in [9.17, 15) is 0 Å². The van der Waals surface area contributed by atoms with Gasteiger partial charge in [-0.05, 0) is 13.3 Å². The molecule has 15 heavy (non-hydrogen) atoms. The zero-order valence-corrected chi connectivity index (χ0v) is 9.30. The van der Waals surface area contributed by atoms with Crippen LogP contribution in [0.2, 0.25) is 0 Å². The minimum absolute atomic E-state index is 0.905. The van der Waals surface area contributed by atoms with Gasteiger partial charge in [-0.1, -0.05) is 6.92 Å². The van der Waals surface area contributed by atoms with Gasteiger partial charge in [-0.3, -0.25) is 4.68 Å². The van der Waals surface area contributed by atoms with E-state index in [0.717, 1.165) is 30.0 Å². The van der Waals surface area contributed by atoms with Gasteiger partial charge in [-0.2, -0.15) is 5.10 Å². The van der Waals surface area contributed by atoms with E-state index in [1.807, 2.05) is 20.2 Å². The van der Waals surface area contributed by atoms with E-state index in [1.165, 1.54) is 0 Å². The summed E-state index contributed by atoms with van der Waals surface area (Å²) in [6, 6.07) is 0. The lowest BCUT2D eigenvalue weighted by molar-refractivity contribution is 0.682. The van der Waals surface area contributed by atoms with E-state index in [1.54, 1.807) is 11.0 Å². The van der Waals surface area contributed by atoms with Gasteiger partial charge in [0.2, 0.25) is 0 Å². The second-order valence-electron chi connectivity index (χ2n) is 3.65. The topological polar surface area (TPSA) is 48.5 Å². The minimum Gasteiger partial charge on any atom is -0.314 e. The molecule has 0 N–H and O–H groups in total. The minimum atomic E-state index is 0.905. The summed E-state index contributed by atoms with van der Waals surface area (Å²) in [5, 5.41) is 12.4. The van der Waals surface area contributed by atoms with Crippen LogP contribution in [0.25, 0.3) is 11.4 Å². The van der Waals surface area contributed by atoms with E-state index in [4.69, 9.17) is 0 Å². The van der Waals surface area contributed by atoms with Crippen LogP contribution < -0.4 is 0 Å². The van der Waals surface area contributed by atoms with Gasteiger partial charge in [0.25, 0.3) is 0 Å². The van der Waals surface area contributed by atoms with E-state index in [-0.39, 0.29) is 0 Å². The van der Waals surface area contributed by atoms with Gasteiger partial charge >= 0.3 is 0 Å². The average molecular weight is 205 g/mol.